The fourth-order valence-corrected chi connectivity index (χ4v) is 3.74. The molecule has 4 aromatic rings. The first kappa shape index (κ1) is 25.0. The average molecular weight is 496 g/mol. The van der Waals surface area contributed by atoms with E-state index >= 15 is 0 Å². The molecule has 4 rings (SSSR count). The standard InChI is InChI=1S/C26H24F3N5O2/c1-4-36-25(35)23-32-22-18(24(33-23)34(15-16(2)3)17-9-6-5-7-10-17)12-13-20(31-22)21-19(26(27,28)29)11-8-14-30-21/h5-14,16H,4,15H2,1-3H3. The van der Waals surface area contributed by atoms with Gasteiger partial charge in [0.15, 0.2) is 5.65 Å². The van der Waals surface area contributed by atoms with E-state index in [1.165, 1.54) is 18.3 Å². The van der Waals surface area contributed by atoms with Gasteiger partial charge in [-0.2, -0.15) is 13.2 Å². The Morgan fingerprint density at radius 3 is 2.42 bits per heavy atom. The minimum atomic E-state index is -4.62. The van der Waals surface area contributed by atoms with E-state index in [4.69, 9.17) is 4.74 Å². The monoisotopic (exact) mass is 495 g/mol. The zero-order valence-corrected chi connectivity index (χ0v) is 20.0. The predicted molar refractivity (Wildman–Crippen MR) is 130 cm³/mol. The highest BCUT2D eigenvalue weighted by Crippen LogP contribution is 2.36. The molecule has 0 saturated heterocycles. The van der Waals surface area contributed by atoms with E-state index in [1.54, 1.807) is 13.0 Å². The molecule has 0 bridgehead atoms. The van der Waals surface area contributed by atoms with Crippen LogP contribution in [0.3, 0.4) is 0 Å². The van der Waals surface area contributed by atoms with Gasteiger partial charge in [0.25, 0.3) is 0 Å². The molecule has 186 valence electrons. The van der Waals surface area contributed by atoms with Crippen LogP contribution in [0.1, 0.15) is 37.0 Å². The molecule has 0 N–H and O–H groups in total. The molecule has 1 aromatic carbocycles. The van der Waals surface area contributed by atoms with E-state index in [0.29, 0.717) is 17.7 Å². The van der Waals surface area contributed by atoms with E-state index in [1.807, 2.05) is 49.1 Å². The molecule has 0 saturated carbocycles. The summed E-state index contributed by atoms with van der Waals surface area (Å²) in [6.07, 6.45) is -3.35. The van der Waals surface area contributed by atoms with E-state index in [-0.39, 0.29) is 35.4 Å². The van der Waals surface area contributed by atoms with Crippen molar-refractivity contribution >= 4 is 28.5 Å². The van der Waals surface area contributed by atoms with Gasteiger partial charge in [-0.05, 0) is 49.2 Å². The summed E-state index contributed by atoms with van der Waals surface area (Å²) in [6, 6.07) is 14.7. The van der Waals surface area contributed by atoms with Crippen molar-refractivity contribution < 1.29 is 22.7 Å². The Morgan fingerprint density at radius 2 is 1.75 bits per heavy atom. The molecule has 0 spiro atoms. The van der Waals surface area contributed by atoms with Gasteiger partial charge in [0.1, 0.15) is 11.5 Å². The summed E-state index contributed by atoms with van der Waals surface area (Å²) in [5.41, 5.74) is -0.377. The second-order valence-corrected chi connectivity index (χ2v) is 8.40. The molecule has 0 aliphatic carbocycles. The van der Waals surface area contributed by atoms with Crippen LogP contribution in [-0.2, 0) is 10.9 Å². The molecular formula is C26H24F3N5O2. The van der Waals surface area contributed by atoms with Crippen molar-refractivity contribution in [3.63, 3.8) is 0 Å². The number of rotatable bonds is 7. The molecule has 0 aliphatic rings. The van der Waals surface area contributed by atoms with Crippen molar-refractivity contribution in [1.82, 2.24) is 19.9 Å². The number of carbonyl (C=O) groups is 1. The fraction of sp³-hybridized carbons (Fsp3) is 0.269. The van der Waals surface area contributed by atoms with Gasteiger partial charge >= 0.3 is 12.1 Å². The van der Waals surface area contributed by atoms with E-state index in [2.05, 4.69) is 19.9 Å². The molecule has 0 fully saturated rings. The topological polar surface area (TPSA) is 81.1 Å². The van der Waals surface area contributed by atoms with Gasteiger partial charge < -0.3 is 9.64 Å². The number of hydrogen-bond acceptors (Lipinski definition) is 7. The number of anilines is 2. The van der Waals surface area contributed by atoms with E-state index in [0.717, 1.165) is 11.8 Å². The summed E-state index contributed by atoms with van der Waals surface area (Å²) in [6.45, 7) is 6.41. The van der Waals surface area contributed by atoms with E-state index < -0.39 is 17.7 Å². The van der Waals surface area contributed by atoms with Gasteiger partial charge in [0.2, 0.25) is 5.82 Å². The van der Waals surface area contributed by atoms with Gasteiger partial charge in [-0.1, -0.05) is 32.0 Å². The number of para-hydroxylation sites is 1. The normalized spacial score (nSPS) is 11.6. The van der Waals surface area contributed by atoms with Gasteiger partial charge in [-0.15, -0.1) is 0 Å². The minimum Gasteiger partial charge on any atom is -0.460 e. The largest absolute Gasteiger partial charge is 0.460 e. The van der Waals surface area contributed by atoms with Crippen LogP contribution in [0.2, 0.25) is 0 Å². The summed E-state index contributed by atoms with van der Waals surface area (Å²) in [7, 11) is 0. The van der Waals surface area contributed by atoms with Crippen LogP contribution in [0, 0.1) is 5.92 Å². The molecule has 0 radical (unpaired) electrons. The minimum absolute atomic E-state index is 0.0231. The Bertz CT molecular complexity index is 1380. The predicted octanol–water partition coefficient (Wildman–Crippen LogP) is 6.08. The average Bonchev–Trinajstić information content (AvgIpc) is 2.86. The maximum atomic E-state index is 13.6. The molecule has 0 unspecified atom stereocenters. The third-order valence-corrected chi connectivity index (χ3v) is 5.22. The Balaban J connectivity index is 1.96. The quantitative estimate of drug-likeness (QED) is 0.288. The summed E-state index contributed by atoms with van der Waals surface area (Å²) in [5, 5.41) is 0.473. The summed E-state index contributed by atoms with van der Waals surface area (Å²) in [5.74, 6) is -0.361. The molecule has 3 heterocycles. The fourth-order valence-electron chi connectivity index (χ4n) is 3.74. The molecule has 10 heteroatoms. The molecule has 0 amide bonds. The SMILES string of the molecule is CCOC(=O)c1nc(N(CC(C)C)c2ccccc2)c2ccc(-c3ncccc3C(F)(F)F)nc2n1. The smallest absolute Gasteiger partial charge is 0.418 e. The number of aromatic nitrogens is 4. The number of ether oxygens (including phenoxy) is 1. The maximum Gasteiger partial charge on any atom is 0.418 e. The first-order valence-electron chi connectivity index (χ1n) is 11.4. The Morgan fingerprint density at radius 1 is 1.00 bits per heavy atom. The number of esters is 1. The third kappa shape index (κ3) is 5.27. The number of hydrogen-bond donors (Lipinski definition) is 0. The number of fused-ring (bicyclic) bond motifs is 1. The van der Waals surface area contributed by atoms with Crippen molar-refractivity contribution in [2.45, 2.75) is 26.9 Å². The highest BCUT2D eigenvalue weighted by Gasteiger charge is 2.35. The Kier molecular flexibility index (Phi) is 7.14. The second kappa shape index (κ2) is 10.3. The molecular weight excluding hydrogens is 471 g/mol. The molecule has 0 atom stereocenters. The number of nitrogens with zero attached hydrogens (tertiary/aromatic N) is 5. The molecule has 7 nitrogen and oxygen atoms in total. The Labute approximate surface area is 206 Å². The summed E-state index contributed by atoms with van der Waals surface area (Å²) < 4.78 is 46.0. The van der Waals surface area contributed by atoms with E-state index in [9.17, 15) is 18.0 Å². The Hall–Kier alpha value is -4.08. The third-order valence-electron chi connectivity index (χ3n) is 5.22. The van der Waals surface area contributed by atoms with Crippen molar-refractivity contribution in [1.29, 1.82) is 0 Å². The van der Waals surface area contributed by atoms with Crippen LogP contribution in [0.15, 0.2) is 60.8 Å². The molecule has 3 aromatic heterocycles. The lowest BCUT2D eigenvalue weighted by atomic mass is 10.1. The number of carbonyl (C=O) groups excluding carboxylic acids is 1. The van der Waals surface area contributed by atoms with Crippen LogP contribution < -0.4 is 4.90 Å². The number of benzene rings is 1. The van der Waals surface area contributed by atoms with Crippen LogP contribution >= 0.6 is 0 Å². The maximum absolute atomic E-state index is 13.6. The first-order valence-corrected chi connectivity index (χ1v) is 11.4. The lowest BCUT2D eigenvalue weighted by molar-refractivity contribution is -0.137. The lowest BCUT2D eigenvalue weighted by Gasteiger charge is -2.27. The number of pyridine rings is 2. The number of alkyl halides is 3. The highest BCUT2D eigenvalue weighted by atomic mass is 19.4. The lowest BCUT2D eigenvalue weighted by Crippen LogP contribution is -2.25. The summed E-state index contributed by atoms with van der Waals surface area (Å²) >= 11 is 0. The van der Waals surface area contributed by atoms with Gasteiger partial charge in [-0.3, -0.25) is 4.98 Å². The highest BCUT2D eigenvalue weighted by molar-refractivity contribution is 5.95. The summed E-state index contributed by atoms with van der Waals surface area (Å²) in [4.78, 5) is 31.6. The van der Waals surface area contributed by atoms with Crippen molar-refractivity contribution in [3.8, 4) is 11.4 Å². The van der Waals surface area contributed by atoms with Crippen molar-refractivity contribution in [2.24, 2.45) is 5.92 Å². The zero-order chi connectivity index (χ0) is 25.9. The van der Waals surface area contributed by atoms with Gasteiger partial charge in [-0.25, -0.2) is 19.7 Å². The molecule has 36 heavy (non-hydrogen) atoms. The van der Waals surface area contributed by atoms with Crippen LogP contribution in [0.5, 0.6) is 0 Å². The zero-order valence-electron chi connectivity index (χ0n) is 20.0. The van der Waals surface area contributed by atoms with Gasteiger partial charge in [0, 0.05) is 18.4 Å². The van der Waals surface area contributed by atoms with Crippen LogP contribution in [-0.4, -0.2) is 39.1 Å². The van der Waals surface area contributed by atoms with Crippen LogP contribution in [0.4, 0.5) is 24.7 Å². The van der Waals surface area contributed by atoms with Crippen LogP contribution in [0.25, 0.3) is 22.4 Å². The first-order chi connectivity index (χ1) is 17.2. The second-order valence-electron chi connectivity index (χ2n) is 8.40. The molecule has 0 aliphatic heterocycles. The van der Waals surface area contributed by atoms with Crippen molar-refractivity contribution in [3.05, 3.63) is 72.2 Å². The number of halogens is 3. The van der Waals surface area contributed by atoms with Gasteiger partial charge in [0.05, 0.1) is 23.3 Å². The van der Waals surface area contributed by atoms with Crippen molar-refractivity contribution in [2.75, 3.05) is 18.1 Å².